The van der Waals surface area contributed by atoms with Gasteiger partial charge >= 0.3 is 0 Å². The van der Waals surface area contributed by atoms with Gasteiger partial charge in [-0.15, -0.1) is 10.2 Å². The highest BCUT2D eigenvalue weighted by molar-refractivity contribution is 9.10. The Labute approximate surface area is 199 Å². The van der Waals surface area contributed by atoms with Gasteiger partial charge in [0.25, 0.3) is 5.56 Å². The summed E-state index contributed by atoms with van der Waals surface area (Å²) < 4.78 is 4.47. The molecule has 0 N–H and O–H groups in total. The minimum absolute atomic E-state index is 0.0559. The van der Waals surface area contributed by atoms with Gasteiger partial charge < -0.3 is 4.90 Å². The number of amides is 1. The molecule has 0 spiro atoms. The molecule has 0 radical (unpaired) electrons. The smallest absolute Gasteiger partial charge is 0.264 e. The van der Waals surface area contributed by atoms with Gasteiger partial charge in [-0.25, -0.2) is 0 Å². The van der Waals surface area contributed by atoms with Crippen LogP contribution >= 0.6 is 15.9 Å². The number of nitrogens with zero attached hydrogens (tertiary/aromatic N) is 6. The van der Waals surface area contributed by atoms with E-state index in [1.165, 1.54) is 0 Å². The number of hydrogen-bond donors (Lipinski definition) is 0. The van der Waals surface area contributed by atoms with Crippen molar-refractivity contribution in [3.8, 4) is 0 Å². The van der Waals surface area contributed by atoms with E-state index in [-0.39, 0.29) is 17.6 Å². The van der Waals surface area contributed by atoms with Crippen molar-refractivity contribution < 1.29 is 4.79 Å². The third-order valence-electron chi connectivity index (χ3n) is 6.28. The largest absolute Gasteiger partial charge is 0.349 e. The molecular weight excluding hydrogens is 484 g/mol. The molecule has 1 aliphatic heterocycles. The SMILES string of the molecule is CN(C)C(=O)Cc1ccc(C(N2CCCC2)n2c(=O)c3cc(Br)ccc3n3cnnc23)cc1. The minimum Gasteiger partial charge on any atom is -0.349 e. The fraction of sp³-hybridized carbons (Fsp3) is 0.333. The monoisotopic (exact) mass is 508 g/mol. The summed E-state index contributed by atoms with van der Waals surface area (Å²) in [4.78, 5) is 29.9. The molecule has 1 unspecified atom stereocenters. The van der Waals surface area contributed by atoms with Crippen molar-refractivity contribution in [3.63, 3.8) is 0 Å². The average molecular weight is 509 g/mol. The van der Waals surface area contributed by atoms with Crippen LogP contribution in [0, 0.1) is 0 Å². The molecule has 1 aliphatic rings. The van der Waals surface area contributed by atoms with E-state index in [0.29, 0.717) is 17.6 Å². The molecule has 170 valence electrons. The lowest BCUT2D eigenvalue weighted by Gasteiger charge is -2.30. The molecule has 9 heteroatoms. The summed E-state index contributed by atoms with van der Waals surface area (Å²) in [6.07, 6.45) is 3.86. The van der Waals surface area contributed by atoms with Crippen LogP contribution in [0.2, 0.25) is 0 Å². The summed E-state index contributed by atoms with van der Waals surface area (Å²) in [5.41, 5.74) is 2.60. The highest BCUT2D eigenvalue weighted by atomic mass is 79.9. The Kier molecular flexibility index (Phi) is 5.76. The third kappa shape index (κ3) is 3.95. The highest BCUT2D eigenvalue weighted by Crippen LogP contribution is 2.29. The van der Waals surface area contributed by atoms with Crippen LogP contribution in [-0.2, 0) is 11.2 Å². The van der Waals surface area contributed by atoms with Crippen molar-refractivity contribution in [1.82, 2.24) is 29.0 Å². The van der Waals surface area contributed by atoms with Crippen molar-refractivity contribution in [3.05, 3.63) is 74.7 Å². The van der Waals surface area contributed by atoms with Crippen LogP contribution in [0.3, 0.4) is 0 Å². The standard InChI is InChI=1S/C24H25BrN6O2/c1-28(2)21(32)13-16-5-7-17(8-6-16)22(29-11-3-4-12-29)31-23(33)19-14-18(25)9-10-20(19)30-15-26-27-24(30)31/h5-10,14-15,22H,3-4,11-13H2,1-2H3. The van der Waals surface area contributed by atoms with Gasteiger partial charge in [0.2, 0.25) is 11.7 Å². The Morgan fingerprint density at radius 3 is 2.55 bits per heavy atom. The number of halogens is 1. The zero-order chi connectivity index (χ0) is 23.1. The number of carbonyl (C=O) groups excluding carboxylic acids is 1. The van der Waals surface area contributed by atoms with Gasteiger partial charge in [-0.1, -0.05) is 40.2 Å². The predicted octanol–water partition coefficient (Wildman–Crippen LogP) is 3.08. The zero-order valence-electron chi connectivity index (χ0n) is 18.6. The quantitative estimate of drug-likeness (QED) is 0.414. The van der Waals surface area contributed by atoms with Gasteiger partial charge in [0.05, 0.1) is 17.3 Å². The van der Waals surface area contributed by atoms with Crippen LogP contribution in [0.1, 0.15) is 30.1 Å². The summed E-state index contributed by atoms with van der Waals surface area (Å²) in [5, 5.41) is 9.06. The van der Waals surface area contributed by atoms with E-state index in [0.717, 1.165) is 47.0 Å². The summed E-state index contributed by atoms with van der Waals surface area (Å²) in [7, 11) is 3.52. The van der Waals surface area contributed by atoms with Gasteiger partial charge in [0, 0.05) is 31.7 Å². The summed E-state index contributed by atoms with van der Waals surface area (Å²) in [6, 6.07) is 13.7. The number of benzene rings is 2. The highest BCUT2D eigenvalue weighted by Gasteiger charge is 2.29. The Morgan fingerprint density at radius 2 is 1.85 bits per heavy atom. The lowest BCUT2D eigenvalue weighted by Crippen LogP contribution is -2.38. The Morgan fingerprint density at radius 1 is 1.12 bits per heavy atom. The molecule has 3 heterocycles. The van der Waals surface area contributed by atoms with E-state index >= 15 is 0 Å². The molecule has 1 amide bonds. The fourth-order valence-electron chi connectivity index (χ4n) is 4.54. The molecule has 1 atom stereocenters. The predicted molar refractivity (Wildman–Crippen MR) is 130 cm³/mol. The molecule has 33 heavy (non-hydrogen) atoms. The molecule has 2 aromatic heterocycles. The van der Waals surface area contributed by atoms with E-state index in [1.807, 2.05) is 46.9 Å². The molecule has 0 aliphatic carbocycles. The van der Waals surface area contributed by atoms with Crippen LogP contribution in [0.25, 0.3) is 16.7 Å². The van der Waals surface area contributed by atoms with Crippen LogP contribution in [-0.4, -0.2) is 62.1 Å². The zero-order valence-corrected chi connectivity index (χ0v) is 20.2. The van der Waals surface area contributed by atoms with Crippen LogP contribution in [0.15, 0.2) is 58.1 Å². The minimum atomic E-state index is -0.311. The van der Waals surface area contributed by atoms with Crippen molar-refractivity contribution >= 4 is 38.5 Å². The number of carbonyl (C=O) groups is 1. The van der Waals surface area contributed by atoms with Gasteiger partial charge in [0.15, 0.2) is 0 Å². The molecule has 5 rings (SSSR count). The summed E-state index contributed by atoms with van der Waals surface area (Å²) >= 11 is 3.50. The maximum atomic E-state index is 13.8. The van der Waals surface area contributed by atoms with Crippen molar-refractivity contribution in [1.29, 1.82) is 0 Å². The maximum Gasteiger partial charge on any atom is 0.264 e. The summed E-state index contributed by atoms with van der Waals surface area (Å²) in [5.74, 6) is 0.568. The van der Waals surface area contributed by atoms with Gasteiger partial charge in [-0.3, -0.25) is 23.5 Å². The number of aromatic nitrogens is 4. The van der Waals surface area contributed by atoms with Crippen LogP contribution in [0.5, 0.6) is 0 Å². The Balaban J connectivity index is 1.67. The number of likely N-dealkylation sites (tertiary alicyclic amines) is 1. The molecular formula is C24H25BrN6O2. The van der Waals surface area contributed by atoms with E-state index in [4.69, 9.17) is 0 Å². The number of hydrogen-bond acceptors (Lipinski definition) is 5. The molecule has 2 aromatic carbocycles. The second kappa shape index (κ2) is 8.72. The number of fused-ring (bicyclic) bond motifs is 3. The first-order chi connectivity index (χ1) is 15.9. The van der Waals surface area contributed by atoms with E-state index in [9.17, 15) is 9.59 Å². The number of likely N-dealkylation sites (N-methyl/N-ethyl adjacent to an activating group) is 1. The van der Waals surface area contributed by atoms with Gasteiger partial charge in [0.1, 0.15) is 12.5 Å². The van der Waals surface area contributed by atoms with Crippen LogP contribution < -0.4 is 5.56 Å². The molecule has 1 fully saturated rings. The van der Waals surface area contributed by atoms with E-state index in [2.05, 4.69) is 31.0 Å². The third-order valence-corrected chi connectivity index (χ3v) is 6.77. The first-order valence-corrected chi connectivity index (χ1v) is 11.8. The molecule has 0 saturated carbocycles. The second-order valence-electron chi connectivity index (χ2n) is 8.66. The molecule has 8 nitrogen and oxygen atoms in total. The van der Waals surface area contributed by atoms with Gasteiger partial charge in [-0.05, 0) is 42.2 Å². The first kappa shape index (κ1) is 21.8. The van der Waals surface area contributed by atoms with E-state index in [1.54, 1.807) is 29.9 Å². The lowest BCUT2D eigenvalue weighted by atomic mass is 10.1. The maximum absolute atomic E-state index is 13.8. The van der Waals surface area contributed by atoms with E-state index < -0.39 is 0 Å². The summed E-state index contributed by atoms with van der Waals surface area (Å²) in [6.45, 7) is 1.80. The number of rotatable bonds is 5. The first-order valence-electron chi connectivity index (χ1n) is 11.0. The molecule has 0 bridgehead atoms. The molecule has 1 saturated heterocycles. The normalized spacial score (nSPS) is 15.4. The van der Waals surface area contributed by atoms with Crippen molar-refractivity contribution in [2.24, 2.45) is 0 Å². The van der Waals surface area contributed by atoms with Crippen molar-refractivity contribution in [2.45, 2.75) is 25.4 Å². The van der Waals surface area contributed by atoms with Crippen molar-refractivity contribution in [2.75, 3.05) is 27.2 Å². The van der Waals surface area contributed by atoms with Gasteiger partial charge in [-0.2, -0.15) is 0 Å². The lowest BCUT2D eigenvalue weighted by molar-refractivity contribution is -0.127. The van der Waals surface area contributed by atoms with Crippen LogP contribution in [0.4, 0.5) is 0 Å². The second-order valence-corrected chi connectivity index (χ2v) is 9.58. The Hall–Kier alpha value is -3.04. The fourth-order valence-corrected chi connectivity index (χ4v) is 4.90. The molecule has 4 aromatic rings. The topological polar surface area (TPSA) is 75.7 Å². The average Bonchev–Trinajstić information content (AvgIpc) is 3.50. The Bertz CT molecular complexity index is 1390.